The number of carbonyl (C=O) groups is 1. The third-order valence-corrected chi connectivity index (χ3v) is 1.39. The summed E-state index contributed by atoms with van der Waals surface area (Å²) in [5.41, 5.74) is 0. The Morgan fingerprint density at radius 1 is 1.60 bits per heavy atom. The van der Waals surface area contributed by atoms with Crippen LogP contribution in [0.15, 0.2) is 0 Å². The van der Waals surface area contributed by atoms with E-state index in [2.05, 4.69) is 12.2 Å². The fraction of sp³-hybridized carbons (Fsp3) is 0.750. The average Bonchev–Trinajstić information content (AvgIpc) is 1.88. The Labute approximate surface area is 63.0 Å². The Hall–Kier alpha value is -0.530. The van der Waals surface area contributed by atoms with Gasteiger partial charge in [0.05, 0.1) is 0 Å². The summed E-state index contributed by atoms with van der Waals surface area (Å²) in [4.78, 5) is 10.8. The van der Waals surface area contributed by atoms with E-state index in [-0.39, 0.29) is 5.91 Å². The van der Waals surface area contributed by atoms with Gasteiger partial charge in [0.1, 0.15) is 0 Å². The van der Waals surface area contributed by atoms with Crippen LogP contribution in [0.2, 0.25) is 0 Å². The topological polar surface area (TPSA) is 29.1 Å². The van der Waals surface area contributed by atoms with Gasteiger partial charge in [-0.1, -0.05) is 13.8 Å². The minimum atomic E-state index is 0.0526. The highest BCUT2D eigenvalue weighted by molar-refractivity contribution is 5.84. The van der Waals surface area contributed by atoms with Crippen LogP contribution < -0.4 is 5.32 Å². The molecule has 1 unspecified atom stereocenters. The Morgan fingerprint density at radius 2 is 2.20 bits per heavy atom. The lowest BCUT2D eigenvalue weighted by Gasteiger charge is -2.09. The van der Waals surface area contributed by atoms with Crippen LogP contribution in [0.25, 0.3) is 0 Å². The molecule has 0 fully saturated rings. The summed E-state index contributed by atoms with van der Waals surface area (Å²) < 4.78 is 0. The van der Waals surface area contributed by atoms with E-state index in [1.54, 1.807) is 6.42 Å². The fourth-order valence-corrected chi connectivity index (χ4v) is 0.589. The molecule has 0 aliphatic heterocycles. The molecule has 0 rings (SSSR count). The molecule has 0 bridgehead atoms. The molecule has 59 valence electrons. The van der Waals surface area contributed by atoms with Crippen LogP contribution in [-0.2, 0) is 4.79 Å². The van der Waals surface area contributed by atoms with Gasteiger partial charge in [-0.05, 0) is 19.8 Å². The van der Waals surface area contributed by atoms with Crippen molar-refractivity contribution in [2.45, 2.75) is 39.7 Å². The van der Waals surface area contributed by atoms with E-state index in [9.17, 15) is 4.79 Å². The second-order valence-electron chi connectivity index (χ2n) is 2.43. The van der Waals surface area contributed by atoms with Crippen LogP contribution in [0.1, 0.15) is 33.6 Å². The van der Waals surface area contributed by atoms with Crippen molar-refractivity contribution in [3.8, 4) is 0 Å². The average molecular weight is 142 g/mol. The van der Waals surface area contributed by atoms with Gasteiger partial charge in [-0.25, -0.2) is 0 Å². The molecule has 1 N–H and O–H groups in total. The molecule has 1 radical (unpaired) electrons. The Kier molecular flexibility index (Phi) is 4.99. The van der Waals surface area contributed by atoms with Crippen molar-refractivity contribution in [2.24, 2.45) is 0 Å². The number of carbonyl (C=O) groups excluding carboxylic acids is 1. The maximum Gasteiger partial charge on any atom is 0.224 e. The molecule has 0 saturated carbocycles. The van der Waals surface area contributed by atoms with Crippen LogP contribution >= 0.6 is 0 Å². The Morgan fingerprint density at radius 3 is 2.60 bits per heavy atom. The lowest BCUT2D eigenvalue weighted by Crippen LogP contribution is -2.31. The first-order chi connectivity index (χ1) is 4.70. The third kappa shape index (κ3) is 4.36. The number of hydrogen-bond donors (Lipinski definition) is 1. The fourth-order valence-electron chi connectivity index (χ4n) is 0.589. The van der Waals surface area contributed by atoms with Crippen LogP contribution in [-0.4, -0.2) is 11.9 Å². The van der Waals surface area contributed by atoms with Gasteiger partial charge in [0.2, 0.25) is 5.91 Å². The van der Waals surface area contributed by atoms with Crippen molar-refractivity contribution < 1.29 is 4.79 Å². The zero-order chi connectivity index (χ0) is 7.98. The molecular weight excluding hydrogens is 126 g/mol. The predicted octanol–water partition coefficient (Wildman–Crippen LogP) is 1.52. The molecule has 0 aromatic rings. The molecule has 0 aliphatic carbocycles. The molecule has 0 aliphatic rings. The summed E-state index contributed by atoms with van der Waals surface area (Å²) in [6.07, 6.45) is 3.46. The van der Waals surface area contributed by atoms with E-state index in [4.69, 9.17) is 0 Å². The largest absolute Gasteiger partial charge is 0.353 e. The highest BCUT2D eigenvalue weighted by Gasteiger charge is 2.02. The second kappa shape index (κ2) is 5.27. The molecule has 0 spiro atoms. The normalized spacial score (nSPS) is 12.7. The maximum atomic E-state index is 10.8. The summed E-state index contributed by atoms with van der Waals surface area (Å²) in [5.74, 6) is 0.0526. The van der Waals surface area contributed by atoms with Gasteiger partial charge in [-0.3, -0.25) is 4.79 Å². The minimum absolute atomic E-state index is 0.0526. The maximum absolute atomic E-state index is 10.8. The Balaban J connectivity index is 3.37. The van der Waals surface area contributed by atoms with Gasteiger partial charge in [0.15, 0.2) is 0 Å². The number of rotatable bonds is 4. The Bertz CT molecular complexity index is 101. The SMILES string of the molecule is CC[CH]C(=O)NC(C)CC. The molecule has 0 saturated heterocycles. The molecule has 1 amide bonds. The van der Waals surface area contributed by atoms with Crippen molar-refractivity contribution in [2.75, 3.05) is 0 Å². The van der Waals surface area contributed by atoms with Crippen molar-refractivity contribution in [1.29, 1.82) is 0 Å². The molecule has 2 nitrogen and oxygen atoms in total. The van der Waals surface area contributed by atoms with E-state index in [0.29, 0.717) is 6.04 Å². The highest BCUT2D eigenvalue weighted by Crippen LogP contribution is 1.90. The van der Waals surface area contributed by atoms with Crippen molar-refractivity contribution in [3.05, 3.63) is 6.42 Å². The smallest absolute Gasteiger partial charge is 0.224 e. The monoisotopic (exact) mass is 142 g/mol. The molecule has 10 heavy (non-hydrogen) atoms. The lowest BCUT2D eigenvalue weighted by molar-refractivity contribution is -0.118. The standard InChI is InChI=1S/C8H16NO/c1-4-6-8(10)9-7(3)5-2/h6-7H,4-5H2,1-3H3,(H,9,10). The predicted molar refractivity (Wildman–Crippen MR) is 42.5 cm³/mol. The van der Waals surface area contributed by atoms with Crippen LogP contribution in [0.4, 0.5) is 0 Å². The van der Waals surface area contributed by atoms with Gasteiger partial charge in [0.25, 0.3) is 0 Å². The first-order valence-corrected chi connectivity index (χ1v) is 3.84. The first kappa shape index (κ1) is 9.47. The van der Waals surface area contributed by atoms with Crippen molar-refractivity contribution in [3.63, 3.8) is 0 Å². The number of nitrogens with one attached hydrogen (secondary N) is 1. The van der Waals surface area contributed by atoms with Crippen LogP contribution in [0, 0.1) is 6.42 Å². The molecule has 0 aromatic carbocycles. The highest BCUT2D eigenvalue weighted by atomic mass is 16.1. The summed E-state index contributed by atoms with van der Waals surface area (Å²) in [6, 6.07) is 0.301. The summed E-state index contributed by atoms with van der Waals surface area (Å²) >= 11 is 0. The number of amides is 1. The zero-order valence-corrected chi connectivity index (χ0v) is 6.98. The summed E-state index contributed by atoms with van der Waals surface area (Å²) in [5, 5.41) is 2.84. The zero-order valence-electron chi connectivity index (χ0n) is 6.98. The number of hydrogen-bond acceptors (Lipinski definition) is 1. The molecule has 0 aromatic heterocycles. The first-order valence-electron chi connectivity index (χ1n) is 3.84. The van der Waals surface area contributed by atoms with Crippen molar-refractivity contribution >= 4 is 5.91 Å². The van der Waals surface area contributed by atoms with Crippen molar-refractivity contribution in [1.82, 2.24) is 5.32 Å². The summed E-state index contributed by atoms with van der Waals surface area (Å²) in [7, 11) is 0. The van der Waals surface area contributed by atoms with E-state index >= 15 is 0 Å². The quantitative estimate of drug-likeness (QED) is 0.633. The summed E-state index contributed by atoms with van der Waals surface area (Å²) in [6.45, 7) is 6.01. The van der Waals surface area contributed by atoms with Gasteiger partial charge < -0.3 is 5.32 Å². The van der Waals surface area contributed by atoms with Gasteiger partial charge in [0, 0.05) is 12.5 Å². The van der Waals surface area contributed by atoms with Gasteiger partial charge >= 0.3 is 0 Å². The van der Waals surface area contributed by atoms with E-state index in [1.165, 1.54) is 0 Å². The van der Waals surface area contributed by atoms with E-state index in [0.717, 1.165) is 12.8 Å². The molecular formula is C8H16NO. The second-order valence-corrected chi connectivity index (χ2v) is 2.43. The lowest BCUT2D eigenvalue weighted by atomic mass is 10.2. The molecule has 0 heterocycles. The third-order valence-electron chi connectivity index (χ3n) is 1.39. The van der Waals surface area contributed by atoms with E-state index < -0.39 is 0 Å². The molecule has 2 heteroatoms. The molecule has 1 atom stereocenters. The van der Waals surface area contributed by atoms with Crippen LogP contribution in [0.5, 0.6) is 0 Å². The van der Waals surface area contributed by atoms with Gasteiger partial charge in [-0.15, -0.1) is 0 Å². The van der Waals surface area contributed by atoms with Gasteiger partial charge in [-0.2, -0.15) is 0 Å². The van der Waals surface area contributed by atoms with Crippen LogP contribution in [0.3, 0.4) is 0 Å². The van der Waals surface area contributed by atoms with E-state index in [1.807, 2.05) is 13.8 Å². The minimum Gasteiger partial charge on any atom is -0.353 e.